The van der Waals surface area contributed by atoms with Crippen molar-refractivity contribution in [3.8, 4) is 0 Å². The molecule has 23 heavy (non-hydrogen) atoms. The molecular weight excluding hydrogens is 292 g/mol. The van der Waals surface area contributed by atoms with Crippen LogP contribution in [0.4, 0.5) is 5.69 Å². The highest BCUT2D eigenvalue weighted by molar-refractivity contribution is 6.04. The summed E-state index contributed by atoms with van der Waals surface area (Å²) in [7, 11) is 1.57. The second kappa shape index (κ2) is 6.16. The van der Waals surface area contributed by atoms with Crippen molar-refractivity contribution in [2.24, 2.45) is 0 Å². The molecule has 0 spiro atoms. The van der Waals surface area contributed by atoms with Crippen molar-refractivity contribution in [3.63, 3.8) is 0 Å². The van der Waals surface area contributed by atoms with Crippen molar-refractivity contribution in [2.75, 3.05) is 12.4 Å². The smallest absolute Gasteiger partial charge is 0.274 e. The molecule has 0 saturated heterocycles. The highest BCUT2D eigenvalue weighted by Gasteiger charge is 2.27. The molecule has 1 aromatic carbocycles. The van der Waals surface area contributed by atoms with Gasteiger partial charge in [-0.15, -0.1) is 0 Å². The third kappa shape index (κ3) is 3.36. The monoisotopic (exact) mass is 310 g/mol. The van der Waals surface area contributed by atoms with Gasteiger partial charge in [-0.1, -0.05) is 6.07 Å². The molecule has 118 valence electrons. The Morgan fingerprint density at radius 2 is 1.96 bits per heavy atom. The van der Waals surface area contributed by atoms with E-state index in [9.17, 15) is 9.59 Å². The Morgan fingerprint density at radius 3 is 2.65 bits per heavy atom. The molecule has 1 saturated carbocycles. The minimum Gasteiger partial charge on any atom is -0.355 e. The normalized spacial score (nSPS) is 13.5. The van der Waals surface area contributed by atoms with Crippen LogP contribution in [0.2, 0.25) is 0 Å². The van der Waals surface area contributed by atoms with Crippen LogP contribution in [0.3, 0.4) is 0 Å². The van der Waals surface area contributed by atoms with Crippen molar-refractivity contribution in [1.29, 1.82) is 0 Å². The summed E-state index contributed by atoms with van der Waals surface area (Å²) in [6.45, 7) is 1.87. The Balaban J connectivity index is 1.82. The molecule has 0 bridgehead atoms. The number of nitrogens with zero attached hydrogens (tertiary/aromatic N) is 2. The minimum absolute atomic E-state index is 0.196. The number of hydrogen-bond donors (Lipinski definition) is 2. The van der Waals surface area contributed by atoms with E-state index < -0.39 is 0 Å². The quantitative estimate of drug-likeness (QED) is 0.907. The minimum atomic E-state index is -0.300. The van der Waals surface area contributed by atoms with Gasteiger partial charge in [-0.05, 0) is 43.5 Å². The molecule has 0 unspecified atom stereocenters. The van der Waals surface area contributed by atoms with Crippen molar-refractivity contribution >= 4 is 17.5 Å². The molecule has 2 N–H and O–H groups in total. The van der Waals surface area contributed by atoms with Gasteiger partial charge in [-0.25, -0.2) is 9.97 Å². The van der Waals surface area contributed by atoms with Crippen LogP contribution in [0.15, 0.2) is 30.5 Å². The first kappa shape index (κ1) is 15.1. The van der Waals surface area contributed by atoms with Crippen LogP contribution in [-0.4, -0.2) is 28.8 Å². The van der Waals surface area contributed by atoms with Crippen molar-refractivity contribution < 1.29 is 9.59 Å². The first-order valence-corrected chi connectivity index (χ1v) is 7.55. The molecule has 2 aromatic rings. The largest absolute Gasteiger partial charge is 0.355 e. The molecule has 1 aliphatic carbocycles. The highest BCUT2D eigenvalue weighted by Crippen LogP contribution is 2.37. The zero-order valence-electron chi connectivity index (χ0n) is 13.1. The molecule has 1 heterocycles. The van der Waals surface area contributed by atoms with E-state index in [1.54, 1.807) is 37.5 Å². The average molecular weight is 310 g/mol. The Morgan fingerprint density at radius 1 is 1.17 bits per heavy atom. The summed E-state index contributed by atoms with van der Waals surface area (Å²) in [5.41, 5.74) is 2.31. The van der Waals surface area contributed by atoms with Crippen molar-refractivity contribution in [3.05, 3.63) is 53.1 Å². The first-order chi connectivity index (χ1) is 11.1. The number of rotatable bonds is 4. The fourth-order valence-corrected chi connectivity index (χ4v) is 2.27. The molecule has 6 nitrogen and oxygen atoms in total. The topological polar surface area (TPSA) is 84.0 Å². The molecule has 0 aliphatic heterocycles. The maximum Gasteiger partial charge on any atom is 0.274 e. The van der Waals surface area contributed by atoms with Crippen LogP contribution in [0.5, 0.6) is 0 Å². The standard InChI is InChI=1S/C17H18N4O2/c1-10-3-4-12(16(22)18-2)9-14(10)21-17(23)13-7-8-19-15(20-13)11-5-6-11/h3-4,7-9,11H,5-6H2,1-2H3,(H,18,22)(H,21,23). The van der Waals surface area contributed by atoms with Crippen molar-refractivity contribution in [2.45, 2.75) is 25.7 Å². The van der Waals surface area contributed by atoms with Crippen LogP contribution in [0.1, 0.15) is 51.0 Å². The van der Waals surface area contributed by atoms with Crippen LogP contribution >= 0.6 is 0 Å². The summed E-state index contributed by atoms with van der Waals surface area (Å²) in [5, 5.41) is 5.39. The fourth-order valence-electron chi connectivity index (χ4n) is 2.27. The van der Waals surface area contributed by atoms with Crippen LogP contribution in [0.25, 0.3) is 0 Å². The summed E-state index contributed by atoms with van der Waals surface area (Å²) in [6, 6.07) is 6.78. The van der Waals surface area contributed by atoms with E-state index in [0.29, 0.717) is 22.9 Å². The van der Waals surface area contributed by atoms with Gasteiger partial charge < -0.3 is 10.6 Å². The first-order valence-electron chi connectivity index (χ1n) is 7.55. The van der Waals surface area contributed by atoms with Gasteiger partial charge in [0.25, 0.3) is 11.8 Å². The van der Waals surface area contributed by atoms with Gasteiger partial charge in [0.15, 0.2) is 0 Å². The van der Waals surface area contributed by atoms with E-state index in [0.717, 1.165) is 24.2 Å². The Kier molecular flexibility index (Phi) is 4.06. The number of nitrogens with one attached hydrogen (secondary N) is 2. The SMILES string of the molecule is CNC(=O)c1ccc(C)c(NC(=O)c2ccnc(C3CC3)n2)c1. The maximum absolute atomic E-state index is 12.4. The van der Waals surface area contributed by atoms with Gasteiger partial charge in [0.1, 0.15) is 11.5 Å². The third-order valence-corrected chi connectivity index (χ3v) is 3.82. The average Bonchev–Trinajstić information content (AvgIpc) is 3.41. The van der Waals surface area contributed by atoms with E-state index in [2.05, 4.69) is 20.6 Å². The lowest BCUT2D eigenvalue weighted by molar-refractivity contribution is 0.0961. The third-order valence-electron chi connectivity index (χ3n) is 3.82. The molecule has 3 rings (SSSR count). The number of carbonyl (C=O) groups excluding carboxylic acids is 2. The molecule has 1 aliphatic rings. The molecule has 2 amide bonds. The molecule has 0 radical (unpaired) electrons. The number of benzene rings is 1. The zero-order chi connectivity index (χ0) is 16.4. The molecular formula is C17H18N4O2. The summed E-state index contributed by atoms with van der Waals surface area (Å²) >= 11 is 0. The van der Waals surface area contributed by atoms with Gasteiger partial charge in [0.05, 0.1) is 0 Å². The van der Waals surface area contributed by atoms with E-state index in [-0.39, 0.29) is 11.8 Å². The summed E-state index contributed by atoms with van der Waals surface area (Å²) < 4.78 is 0. The summed E-state index contributed by atoms with van der Waals surface area (Å²) in [6.07, 6.45) is 3.78. The molecule has 0 atom stereocenters. The van der Waals surface area contributed by atoms with Gasteiger partial charge in [0.2, 0.25) is 0 Å². The summed E-state index contributed by atoms with van der Waals surface area (Å²) in [4.78, 5) is 32.7. The van der Waals surface area contributed by atoms with E-state index in [1.165, 1.54) is 0 Å². The lowest BCUT2D eigenvalue weighted by atomic mass is 10.1. The maximum atomic E-state index is 12.4. The van der Waals surface area contributed by atoms with Crippen molar-refractivity contribution in [1.82, 2.24) is 15.3 Å². The van der Waals surface area contributed by atoms with Gasteiger partial charge in [-0.2, -0.15) is 0 Å². The summed E-state index contributed by atoms with van der Waals surface area (Å²) in [5.74, 6) is 0.625. The molecule has 1 aromatic heterocycles. The van der Waals surface area contributed by atoms with E-state index in [1.807, 2.05) is 6.92 Å². The lowest BCUT2D eigenvalue weighted by Crippen LogP contribution is -2.19. The van der Waals surface area contributed by atoms with Crippen LogP contribution in [-0.2, 0) is 0 Å². The predicted molar refractivity (Wildman–Crippen MR) is 86.5 cm³/mol. The molecule has 1 fully saturated rings. The number of aromatic nitrogens is 2. The Labute approximate surface area is 134 Å². The number of aryl methyl sites for hydroxylation is 1. The highest BCUT2D eigenvalue weighted by atomic mass is 16.2. The second-order valence-corrected chi connectivity index (χ2v) is 5.64. The van der Waals surface area contributed by atoms with Crippen LogP contribution in [0, 0.1) is 6.92 Å². The Bertz CT molecular complexity index is 769. The molecule has 6 heteroatoms. The van der Waals surface area contributed by atoms with Crippen LogP contribution < -0.4 is 10.6 Å². The van der Waals surface area contributed by atoms with Gasteiger partial charge in [0, 0.05) is 30.4 Å². The van der Waals surface area contributed by atoms with E-state index in [4.69, 9.17) is 0 Å². The van der Waals surface area contributed by atoms with Gasteiger partial charge >= 0.3 is 0 Å². The number of hydrogen-bond acceptors (Lipinski definition) is 4. The van der Waals surface area contributed by atoms with E-state index >= 15 is 0 Å². The lowest BCUT2D eigenvalue weighted by Gasteiger charge is -2.10. The second-order valence-electron chi connectivity index (χ2n) is 5.64. The fraction of sp³-hybridized carbons (Fsp3) is 0.294. The van der Waals surface area contributed by atoms with Gasteiger partial charge in [-0.3, -0.25) is 9.59 Å². The Hall–Kier alpha value is -2.76. The number of anilines is 1. The number of amides is 2. The number of carbonyl (C=O) groups is 2. The predicted octanol–water partition coefficient (Wildman–Crippen LogP) is 2.27. The zero-order valence-corrected chi connectivity index (χ0v) is 13.1.